The van der Waals surface area contributed by atoms with Crippen molar-refractivity contribution in [2.24, 2.45) is 10.7 Å². The molecule has 4 N–H and O–H groups in total. The molecule has 0 atom stereocenters. The zero-order valence-corrected chi connectivity index (χ0v) is 17.8. The molecule has 1 heterocycles. The predicted octanol–water partition coefficient (Wildman–Crippen LogP) is 1.76. The fraction of sp³-hybridized carbons (Fsp3) is 0.263. The number of fused-ring (bicyclic) bond motifs is 1. The second kappa shape index (κ2) is 10.6. The molecule has 0 unspecified atom stereocenters. The molecule has 3 rings (SSSR count). The minimum absolute atomic E-state index is 0. The zero-order valence-electron chi connectivity index (χ0n) is 15.4. The van der Waals surface area contributed by atoms with Gasteiger partial charge in [-0.15, -0.1) is 24.0 Å². The van der Waals surface area contributed by atoms with E-state index in [-0.39, 0.29) is 37.4 Å². The number of primary amides is 1. The Morgan fingerprint density at radius 2 is 1.82 bits per heavy atom. The number of nitrogens with zero attached hydrogens (tertiary/aromatic N) is 1. The van der Waals surface area contributed by atoms with Gasteiger partial charge in [-0.1, -0.05) is 18.2 Å². The lowest BCUT2D eigenvalue weighted by atomic mass is 10.2. The minimum Gasteiger partial charge on any atom is -0.484 e. The second-order valence-electron chi connectivity index (χ2n) is 5.87. The van der Waals surface area contributed by atoms with Crippen LogP contribution >= 0.6 is 24.0 Å². The standard InChI is InChI=1S/C19H22N4O4.HI/c1-21-19(23-10-14-5-6-16-17(8-14)27-12-26-16)22-9-13-3-2-4-15(7-13)25-11-18(20)24;/h2-8H,9-12H2,1H3,(H2,20,24)(H2,21,22,23);1H. The van der Waals surface area contributed by atoms with E-state index in [0.29, 0.717) is 24.8 Å². The smallest absolute Gasteiger partial charge is 0.255 e. The summed E-state index contributed by atoms with van der Waals surface area (Å²) in [5.74, 6) is 2.27. The fourth-order valence-corrected chi connectivity index (χ4v) is 2.54. The molecule has 9 heteroatoms. The van der Waals surface area contributed by atoms with Crippen LogP contribution in [0.5, 0.6) is 17.2 Å². The zero-order chi connectivity index (χ0) is 19.1. The maximum Gasteiger partial charge on any atom is 0.255 e. The number of nitrogens with one attached hydrogen (secondary N) is 2. The summed E-state index contributed by atoms with van der Waals surface area (Å²) in [7, 11) is 1.71. The van der Waals surface area contributed by atoms with Crippen molar-refractivity contribution in [3.05, 3.63) is 53.6 Å². The molecule has 0 spiro atoms. The topological polar surface area (TPSA) is 107 Å². The predicted molar refractivity (Wildman–Crippen MR) is 116 cm³/mol. The van der Waals surface area contributed by atoms with Gasteiger partial charge in [-0.3, -0.25) is 9.79 Å². The lowest BCUT2D eigenvalue weighted by molar-refractivity contribution is -0.119. The molecule has 0 aliphatic carbocycles. The van der Waals surface area contributed by atoms with Gasteiger partial charge >= 0.3 is 0 Å². The SMILES string of the molecule is CN=C(NCc1cccc(OCC(N)=O)c1)NCc1ccc2c(c1)OCO2.I. The quantitative estimate of drug-likeness (QED) is 0.305. The van der Waals surface area contributed by atoms with Gasteiger partial charge in [0.15, 0.2) is 24.1 Å². The summed E-state index contributed by atoms with van der Waals surface area (Å²) >= 11 is 0. The molecular weight excluding hydrogens is 475 g/mol. The Morgan fingerprint density at radius 1 is 1.11 bits per heavy atom. The monoisotopic (exact) mass is 498 g/mol. The first-order chi connectivity index (χ1) is 13.1. The number of hydrogen-bond acceptors (Lipinski definition) is 5. The molecule has 0 saturated carbocycles. The number of aliphatic imine (C=N–C) groups is 1. The van der Waals surface area contributed by atoms with Crippen molar-refractivity contribution < 1.29 is 19.0 Å². The Bertz CT molecular complexity index is 844. The first kappa shape index (κ1) is 21.6. The van der Waals surface area contributed by atoms with Crippen LogP contribution in [0.2, 0.25) is 0 Å². The molecule has 0 saturated heterocycles. The first-order valence-electron chi connectivity index (χ1n) is 8.47. The molecular formula is C19H23IN4O4. The largest absolute Gasteiger partial charge is 0.484 e. The van der Waals surface area contributed by atoms with Crippen molar-refractivity contribution >= 4 is 35.8 Å². The lowest BCUT2D eigenvalue weighted by Crippen LogP contribution is -2.36. The number of halogens is 1. The Kier molecular flexibility index (Phi) is 8.18. The third-order valence-electron chi connectivity index (χ3n) is 3.86. The second-order valence-corrected chi connectivity index (χ2v) is 5.87. The minimum atomic E-state index is -0.508. The van der Waals surface area contributed by atoms with E-state index in [9.17, 15) is 4.79 Å². The van der Waals surface area contributed by atoms with Gasteiger partial charge < -0.3 is 30.6 Å². The highest BCUT2D eigenvalue weighted by Gasteiger charge is 2.13. The number of hydrogen-bond donors (Lipinski definition) is 3. The van der Waals surface area contributed by atoms with E-state index in [1.54, 1.807) is 13.1 Å². The maximum atomic E-state index is 10.8. The van der Waals surface area contributed by atoms with Crippen molar-refractivity contribution in [3.63, 3.8) is 0 Å². The summed E-state index contributed by atoms with van der Waals surface area (Å²) in [5.41, 5.74) is 7.14. The molecule has 28 heavy (non-hydrogen) atoms. The molecule has 150 valence electrons. The van der Waals surface area contributed by atoms with Gasteiger partial charge in [0.1, 0.15) is 5.75 Å². The summed E-state index contributed by atoms with van der Waals surface area (Å²) < 4.78 is 16.0. The van der Waals surface area contributed by atoms with E-state index < -0.39 is 5.91 Å². The number of rotatable bonds is 7. The van der Waals surface area contributed by atoms with Crippen LogP contribution in [0.15, 0.2) is 47.5 Å². The summed E-state index contributed by atoms with van der Waals surface area (Å²) in [5, 5.41) is 6.49. The van der Waals surface area contributed by atoms with Crippen LogP contribution in [0, 0.1) is 0 Å². The van der Waals surface area contributed by atoms with E-state index in [1.807, 2.05) is 36.4 Å². The average molecular weight is 498 g/mol. The Labute approximate surface area is 180 Å². The maximum absolute atomic E-state index is 10.8. The molecule has 1 aliphatic rings. The number of amides is 1. The van der Waals surface area contributed by atoms with Crippen molar-refractivity contribution in [2.45, 2.75) is 13.1 Å². The molecule has 1 aliphatic heterocycles. The third kappa shape index (κ3) is 6.19. The Balaban J connectivity index is 0.00000280. The van der Waals surface area contributed by atoms with Crippen LogP contribution in [0.1, 0.15) is 11.1 Å². The molecule has 2 aromatic carbocycles. The normalized spacial score (nSPS) is 12.1. The van der Waals surface area contributed by atoms with Gasteiger partial charge in [-0.05, 0) is 35.4 Å². The van der Waals surface area contributed by atoms with Gasteiger partial charge in [0.2, 0.25) is 6.79 Å². The summed E-state index contributed by atoms with van der Waals surface area (Å²) in [4.78, 5) is 15.0. The van der Waals surface area contributed by atoms with Crippen LogP contribution in [-0.2, 0) is 17.9 Å². The van der Waals surface area contributed by atoms with Gasteiger partial charge in [0.25, 0.3) is 5.91 Å². The van der Waals surface area contributed by atoms with E-state index in [1.165, 1.54) is 0 Å². The van der Waals surface area contributed by atoms with Crippen molar-refractivity contribution in [2.75, 3.05) is 20.4 Å². The fourth-order valence-electron chi connectivity index (χ4n) is 2.54. The molecule has 8 nitrogen and oxygen atoms in total. The van der Waals surface area contributed by atoms with E-state index >= 15 is 0 Å². The molecule has 2 aromatic rings. The van der Waals surface area contributed by atoms with E-state index in [4.69, 9.17) is 19.9 Å². The Morgan fingerprint density at radius 3 is 2.54 bits per heavy atom. The summed E-state index contributed by atoms with van der Waals surface area (Å²) in [6.07, 6.45) is 0. The van der Waals surface area contributed by atoms with Crippen LogP contribution in [0.3, 0.4) is 0 Å². The molecule has 0 fully saturated rings. The van der Waals surface area contributed by atoms with Gasteiger partial charge in [-0.25, -0.2) is 0 Å². The van der Waals surface area contributed by atoms with Crippen molar-refractivity contribution in [1.82, 2.24) is 10.6 Å². The number of carbonyl (C=O) groups is 1. The average Bonchev–Trinajstić information content (AvgIpc) is 3.14. The molecule has 0 aromatic heterocycles. The number of benzene rings is 2. The van der Waals surface area contributed by atoms with E-state index in [0.717, 1.165) is 22.6 Å². The third-order valence-corrected chi connectivity index (χ3v) is 3.86. The number of carbonyl (C=O) groups excluding carboxylic acids is 1. The highest BCUT2D eigenvalue weighted by atomic mass is 127. The molecule has 0 bridgehead atoms. The van der Waals surface area contributed by atoms with Crippen LogP contribution < -0.4 is 30.6 Å². The van der Waals surface area contributed by atoms with Gasteiger partial charge in [0, 0.05) is 20.1 Å². The molecule has 0 radical (unpaired) electrons. The van der Waals surface area contributed by atoms with Crippen molar-refractivity contribution in [1.29, 1.82) is 0 Å². The van der Waals surface area contributed by atoms with Gasteiger partial charge in [0.05, 0.1) is 0 Å². The lowest BCUT2D eigenvalue weighted by Gasteiger charge is -2.13. The van der Waals surface area contributed by atoms with Gasteiger partial charge in [-0.2, -0.15) is 0 Å². The molecule has 1 amide bonds. The van der Waals surface area contributed by atoms with Crippen LogP contribution in [-0.4, -0.2) is 32.3 Å². The Hall–Kier alpha value is -2.69. The van der Waals surface area contributed by atoms with Crippen LogP contribution in [0.4, 0.5) is 0 Å². The van der Waals surface area contributed by atoms with Crippen molar-refractivity contribution in [3.8, 4) is 17.2 Å². The van der Waals surface area contributed by atoms with E-state index in [2.05, 4.69) is 15.6 Å². The highest BCUT2D eigenvalue weighted by Crippen LogP contribution is 2.32. The summed E-state index contributed by atoms with van der Waals surface area (Å²) in [6.45, 7) is 1.26. The highest BCUT2D eigenvalue weighted by molar-refractivity contribution is 14.0. The van der Waals surface area contributed by atoms with Crippen LogP contribution in [0.25, 0.3) is 0 Å². The summed E-state index contributed by atoms with van der Waals surface area (Å²) in [6, 6.07) is 13.3. The first-order valence-corrected chi connectivity index (χ1v) is 8.47. The number of ether oxygens (including phenoxy) is 3. The number of nitrogens with two attached hydrogens (primary N) is 1. The number of guanidine groups is 1.